The van der Waals surface area contributed by atoms with Gasteiger partial charge in [-0.15, -0.1) is 11.3 Å². The molecule has 0 saturated heterocycles. The van der Waals surface area contributed by atoms with E-state index >= 15 is 0 Å². The summed E-state index contributed by atoms with van der Waals surface area (Å²) in [5.74, 6) is 0.561. The second-order valence-electron chi connectivity index (χ2n) is 4.48. The van der Waals surface area contributed by atoms with Crippen LogP contribution in [0.2, 0.25) is 0 Å². The summed E-state index contributed by atoms with van der Waals surface area (Å²) in [6, 6.07) is 0. The number of hydrogen-bond acceptors (Lipinski definition) is 4. The Morgan fingerprint density at radius 1 is 1.67 bits per heavy atom. The van der Waals surface area contributed by atoms with Gasteiger partial charge in [-0.3, -0.25) is 4.90 Å². The Bertz CT molecular complexity index is 322. The van der Waals surface area contributed by atoms with Crippen molar-refractivity contribution in [3.8, 4) is 0 Å². The highest BCUT2D eigenvalue weighted by Gasteiger charge is 2.30. The molecule has 0 bridgehead atoms. The highest BCUT2D eigenvalue weighted by Crippen LogP contribution is 2.32. The molecule has 15 heavy (non-hydrogen) atoms. The number of aryl methyl sites for hydroxylation is 1. The number of thiazole rings is 1. The van der Waals surface area contributed by atoms with Crippen LogP contribution in [0, 0.1) is 12.8 Å². The topological polar surface area (TPSA) is 36.4 Å². The fourth-order valence-electron chi connectivity index (χ4n) is 1.72. The number of aliphatic hydroxyl groups is 1. The standard InChI is InChI=1S/C11H18N2OS/c1-8-7-15-11(12-8)6-13(2)5-10(14)9-3-4-9/h7,9-10,14H,3-6H2,1-2H3. The van der Waals surface area contributed by atoms with Crippen molar-refractivity contribution in [1.82, 2.24) is 9.88 Å². The summed E-state index contributed by atoms with van der Waals surface area (Å²) in [7, 11) is 2.04. The minimum Gasteiger partial charge on any atom is -0.392 e. The summed E-state index contributed by atoms with van der Waals surface area (Å²) < 4.78 is 0. The van der Waals surface area contributed by atoms with Crippen LogP contribution in [-0.2, 0) is 6.54 Å². The van der Waals surface area contributed by atoms with Gasteiger partial charge in [0.15, 0.2) is 0 Å². The Hall–Kier alpha value is -0.450. The molecule has 1 unspecified atom stereocenters. The number of aliphatic hydroxyl groups excluding tert-OH is 1. The molecular formula is C11H18N2OS. The van der Waals surface area contributed by atoms with Crippen LogP contribution in [0.5, 0.6) is 0 Å². The number of rotatable bonds is 5. The van der Waals surface area contributed by atoms with Crippen molar-refractivity contribution in [1.29, 1.82) is 0 Å². The van der Waals surface area contributed by atoms with E-state index in [4.69, 9.17) is 0 Å². The zero-order valence-corrected chi connectivity index (χ0v) is 10.1. The van der Waals surface area contributed by atoms with Gasteiger partial charge in [0.1, 0.15) is 5.01 Å². The second-order valence-corrected chi connectivity index (χ2v) is 5.43. The Labute approximate surface area is 94.8 Å². The van der Waals surface area contributed by atoms with Gasteiger partial charge in [0.2, 0.25) is 0 Å². The SMILES string of the molecule is Cc1csc(CN(C)CC(O)C2CC2)n1. The fraction of sp³-hybridized carbons (Fsp3) is 0.727. The molecule has 1 aromatic rings. The molecule has 1 N–H and O–H groups in total. The van der Waals surface area contributed by atoms with E-state index in [1.54, 1.807) is 11.3 Å². The summed E-state index contributed by atoms with van der Waals surface area (Å²) in [6.45, 7) is 3.63. The van der Waals surface area contributed by atoms with Gasteiger partial charge < -0.3 is 5.11 Å². The second kappa shape index (κ2) is 4.60. The van der Waals surface area contributed by atoms with Gasteiger partial charge in [-0.2, -0.15) is 0 Å². The molecule has 0 spiro atoms. The fourth-order valence-corrected chi connectivity index (χ4v) is 2.57. The third kappa shape index (κ3) is 3.26. The quantitative estimate of drug-likeness (QED) is 0.829. The number of aromatic nitrogens is 1. The van der Waals surface area contributed by atoms with Crippen LogP contribution in [0.25, 0.3) is 0 Å². The van der Waals surface area contributed by atoms with Gasteiger partial charge in [-0.1, -0.05) is 0 Å². The minimum absolute atomic E-state index is 0.143. The molecule has 3 nitrogen and oxygen atoms in total. The molecular weight excluding hydrogens is 208 g/mol. The average molecular weight is 226 g/mol. The highest BCUT2D eigenvalue weighted by molar-refractivity contribution is 7.09. The van der Waals surface area contributed by atoms with Crippen LogP contribution in [0.1, 0.15) is 23.5 Å². The molecule has 0 amide bonds. The lowest BCUT2D eigenvalue weighted by atomic mass is 10.2. The molecule has 1 aliphatic rings. The first kappa shape index (κ1) is 11.0. The molecule has 1 saturated carbocycles. The van der Waals surface area contributed by atoms with Crippen LogP contribution in [0.4, 0.5) is 0 Å². The largest absolute Gasteiger partial charge is 0.392 e. The molecule has 1 fully saturated rings. The zero-order chi connectivity index (χ0) is 10.8. The maximum absolute atomic E-state index is 9.78. The lowest BCUT2D eigenvalue weighted by Gasteiger charge is -2.18. The maximum Gasteiger partial charge on any atom is 0.107 e. The number of likely N-dealkylation sites (N-methyl/N-ethyl adjacent to an activating group) is 1. The van der Waals surface area contributed by atoms with E-state index in [2.05, 4.69) is 15.3 Å². The first-order chi connectivity index (χ1) is 7.15. The van der Waals surface area contributed by atoms with Gasteiger partial charge in [-0.05, 0) is 32.7 Å². The molecule has 1 aromatic heterocycles. The summed E-state index contributed by atoms with van der Waals surface area (Å²) in [5.41, 5.74) is 1.09. The number of hydrogen-bond donors (Lipinski definition) is 1. The van der Waals surface area contributed by atoms with Crippen LogP contribution in [0.3, 0.4) is 0 Å². The Morgan fingerprint density at radius 3 is 2.93 bits per heavy atom. The van der Waals surface area contributed by atoms with Gasteiger partial charge >= 0.3 is 0 Å². The Morgan fingerprint density at radius 2 is 2.40 bits per heavy atom. The van der Waals surface area contributed by atoms with E-state index in [-0.39, 0.29) is 6.10 Å². The maximum atomic E-state index is 9.78. The van der Waals surface area contributed by atoms with E-state index in [1.807, 2.05) is 14.0 Å². The van der Waals surface area contributed by atoms with E-state index in [1.165, 1.54) is 12.8 Å². The predicted octanol–water partition coefficient (Wildman–Crippen LogP) is 1.65. The lowest BCUT2D eigenvalue weighted by molar-refractivity contribution is 0.104. The Kier molecular flexibility index (Phi) is 3.38. The van der Waals surface area contributed by atoms with E-state index in [9.17, 15) is 5.11 Å². The van der Waals surface area contributed by atoms with E-state index < -0.39 is 0 Å². The van der Waals surface area contributed by atoms with Gasteiger partial charge in [0, 0.05) is 17.6 Å². The molecule has 1 aliphatic carbocycles. The average Bonchev–Trinajstić information content (AvgIpc) is 2.92. The van der Waals surface area contributed by atoms with Crippen molar-refractivity contribution < 1.29 is 5.11 Å². The third-order valence-electron chi connectivity index (χ3n) is 2.74. The highest BCUT2D eigenvalue weighted by atomic mass is 32.1. The monoisotopic (exact) mass is 226 g/mol. The minimum atomic E-state index is -0.143. The van der Waals surface area contributed by atoms with Crippen LogP contribution >= 0.6 is 11.3 Å². The smallest absolute Gasteiger partial charge is 0.107 e. The number of nitrogens with zero attached hydrogens (tertiary/aromatic N) is 2. The zero-order valence-electron chi connectivity index (χ0n) is 9.31. The predicted molar refractivity (Wildman–Crippen MR) is 61.9 cm³/mol. The molecule has 1 heterocycles. The first-order valence-corrected chi connectivity index (χ1v) is 6.30. The summed E-state index contributed by atoms with van der Waals surface area (Å²) in [6.07, 6.45) is 2.26. The van der Waals surface area contributed by atoms with Crippen molar-refractivity contribution in [2.24, 2.45) is 5.92 Å². The van der Waals surface area contributed by atoms with Crippen LogP contribution in [-0.4, -0.2) is 34.7 Å². The summed E-state index contributed by atoms with van der Waals surface area (Å²) in [4.78, 5) is 6.57. The Balaban J connectivity index is 1.78. The van der Waals surface area contributed by atoms with Crippen molar-refractivity contribution in [2.45, 2.75) is 32.4 Å². The van der Waals surface area contributed by atoms with Crippen molar-refractivity contribution in [2.75, 3.05) is 13.6 Å². The summed E-state index contributed by atoms with van der Waals surface area (Å²) in [5, 5.41) is 13.0. The first-order valence-electron chi connectivity index (χ1n) is 5.43. The van der Waals surface area contributed by atoms with Gasteiger partial charge in [0.05, 0.1) is 12.6 Å². The molecule has 84 valence electrons. The van der Waals surface area contributed by atoms with Crippen molar-refractivity contribution in [3.05, 3.63) is 16.1 Å². The molecule has 4 heteroatoms. The molecule has 2 rings (SSSR count). The van der Waals surface area contributed by atoms with E-state index in [0.29, 0.717) is 5.92 Å². The molecule has 0 radical (unpaired) electrons. The molecule has 0 aliphatic heterocycles. The molecule has 0 aromatic carbocycles. The summed E-state index contributed by atoms with van der Waals surface area (Å²) >= 11 is 1.69. The van der Waals surface area contributed by atoms with Crippen molar-refractivity contribution >= 4 is 11.3 Å². The third-order valence-corrected chi connectivity index (χ3v) is 3.69. The van der Waals surface area contributed by atoms with Crippen LogP contribution in [0.15, 0.2) is 5.38 Å². The molecule has 1 atom stereocenters. The van der Waals surface area contributed by atoms with E-state index in [0.717, 1.165) is 23.8 Å². The lowest BCUT2D eigenvalue weighted by Crippen LogP contribution is -2.30. The van der Waals surface area contributed by atoms with Crippen LogP contribution < -0.4 is 0 Å². The van der Waals surface area contributed by atoms with Gasteiger partial charge in [-0.25, -0.2) is 4.98 Å². The normalized spacial score (nSPS) is 18.4. The van der Waals surface area contributed by atoms with Gasteiger partial charge in [0.25, 0.3) is 0 Å². The van der Waals surface area contributed by atoms with Crippen molar-refractivity contribution in [3.63, 3.8) is 0 Å².